The van der Waals surface area contributed by atoms with E-state index in [0.717, 1.165) is 30.9 Å². The molecule has 1 amide bonds. The Morgan fingerprint density at radius 3 is 3.17 bits per heavy atom. The van der Waals surface area contributed by atoms with E-state index in [1.807, 2.05) is 25.1 Å². The van der Waals surface area contributed by atoms with Crippen LogP contribution in [0.1, 0.15) is 31.7 Å². The number of hydrogen-bond donors (Lipinski definition) is 2. The van der Waals surface area contributed by atoms with Gasteiger partial charge in [0.05, 0.1) is 6.61 Å². The van der Waals surface area contributed by atoms with E-state index in [4.69, 9.17) is 10.5 Å². The molecule has 2 rings (SSSR count). The van der Waals surface area contributed by atoms with Crippen molar-refractivity contribution in [2.75, 3.05) is 11.9 Å². The molecule has 98 valence electrons. The van der Waals surface area contributed by atoms with Crippen LogP contribution in [0.3, 0.4) is 0 Å². The van der Waals surface area contributed by atoms with Gasteiger partial charge in [-0.3, -0.25) is 4.79 Å². The molecule has 1 aliphatic rings. The zero-order valence-corrected chi connectivity index (χ0v) is 10.7. The Morgan fingerprint density at radius 2 is 2.39 bits per heavy atom. The summed E-state index contributed by atoms with van der Waals surface area (Å²) in [6, 6.07) is 5.87. The summed E-state index contributed by atoms with van der Waals surface area (Å²) in [6.45, 7) is 2.69. The van der Waals surface area contributed by atoms with Gasteiger partial charge in [-0.25, -0.2) is 0 Å². The van der Waals surface area contributed by atoms with Crippen LogP contribution in [0.25, 0.3) is 0 Å². The second-order valence-corrected chi connectivity index (χ2v) is 4.84. The van der Waals surface area contributed by atoms with Crippen LogP contribution in [0.5, 0.6) is 5.75 Å². The van der Waals surface area contributed by atoms with E-state index in [9.17, 15) is 4.79 Å². The molecule has 1 aliphatic heterocycles. The fourth-order valence-electron chi connectivity index (χ4n) is 2.02. The second-order valence-electron chi connectivity index (χ2n) is 4.84. The molecule has 1 aromatic rings. The molecule has 0 aromatic heterocycles. The van der Waals surface area contributed by atoms with Gasteiger partial charge in [0.1, 0.15) is 5.75 Å². The molecule has 4 nitrogen and oxygen atoms in total. The zero-order chi connectivity index (χ0) is 13.0. The van der Waals surface area contributed by atoms with E-state index in [1.54, 1.807) is 0 Å². The number of benzene rings is 1. The third-order valence-electron chi connectivity index (χ3n) is 3.02. The Labute approximate surface area is 108 Å². The molecule has 1 aromatic carbocycles. The maximum atomic E-state index is 11.7. The predicted molar refractivity (Wildman–Crippen MR) is 71.8 cm³/mol. The lowest BCUT2D eigenvalue weighted by Gasteiger charge is -2.18. The van der Waals surface area contributed by atoms with E-state index in [2.05, 4.69) is 5.32 Å². The molecule has 0 spiro atoms. The fraction of sp³-hybridized carbons (Fsp3) is 0.500. The van der Waals surface area contributed by atoms with Gasteiger partial charge in [-0.15, -0.1) is 0 Å². The molecule has 0 bridgehead atoms. The molecule has 0 saturated carbocycles. The lowest BCUT2D eigenvalue weighted by Crippen LogP contribution is -2.19. The van der Waals surface area contributed by atoms with Crippen molar-refractivity contribution in [1.29, 1.82) is 0 Å². The molecule has 1 unspecified atom stereocenters. The summed E-state index contributed by atoms with van der Waals surface area (Å²) in [5, 5.41) is 2.90. The minimum Gasteiger partial charge on any atom is -0.493 e. The molecule has 1 atom stereocenters. The van der Waals surface area contributed by atoms with Gasteiger partial charge in [-0.2, -0.15) is 0 Å². The lowest BCUT2D eigenvalue weighted by molar-refractivity contribution is -0.116. The highest BCUT2D eigenvalue weighted by Gasteiger charge is 2.11. The van der Waals surface area contributed by atoms with Gasteiger partial charge in [0, 0.05) is 18.2 Å². The lowest BCUT2D eigenvalue weighted by atomic mass is 10.1. The normalized spacial score (nSPS) is 15.4. The number of anilines is 1. The average Bonchev–Trinajstić information content (AvgIpc) is 2.36. The topological polar surface area (TPSA) is 64.4 Å². The third kappa shape index (κ3) is 3.47. The van der Waals surface area contributed by atoms with E-state index in [0.29, 0.717) is 12.8 Å². The number of hydrogen-bond acceptors (Lipinski definition) is 3. The Kier molecular flexibility index (Phi) is 4.20. The monoisotopic (exact) mass is 248 g/mol. The molecule has 4 heteroatoms. The summed E-state index contributed by atoms with van der Waals surface area (Å²) < 4.78 is 5.53. The number of rotatable bonds is 4. The summed E-state index contributed by atoms with van der Waals surface area (Å²) >= 11 is 0. The number of nitrogens with two attached hydrogens (primary N) is 1. The highest BCUT2D eigenvalue weighted by molar-refractivity contribution is 5.90. The summed E-state index contributed by atoms with van der Waals surface area (Å²) in [7, 11) is 0. The highest BCUT2D eigenvalue weighted by atomic mass is 16.5. The smallest absolute Gasteiger partial charge is 0.224 e. The van der Waals surface area contributed by atoms with Crippen molar-refractivity contribution in [3.63, 3.8) is 0 Å². The van der Waals surface area contributed by atoms with Crippen LogP contribution in [0.4, 0.5) is 5.69 Å². The van der Waals surface area contributed by atoms with Crippen LogP contribution in [-0.4, -0.2) is 18.6 Å². The van der Waals surface area contributed by atoms with Crippen molar-refractivity contribution in [2.24, 2.45) is 5.73 Å². The number of amides is 1. The van der Waals surface area contributed by atoms with Crippen molar-refractivity contribution in [2.45, 2.75) is 38.6 Å². The first kappa shape index (κ1) is 12.9. The number of aryl methyl sites for hydroxylation is 1. The summed E-state index contributed by atoms with van der Waals surface area (Å²) in [5.74, 6) is 0.957. The van der Waals surface area contributed by atoms with Gasteiger partial charge in [0.2, 0.25) is 5.91 Å². The van der Waals surface area contributed by atoms with Crippen LogP contribution in [-0.2, 0) is 11.2 Å². The molecule has 0 fully saturated rings. The van der Waals surface area contributed by atoms with Crippen LogP contribution in [0, 0.1) is 0 Å². The molecule has 0 aliphatic carbocycles. The van der Waals surface area contributed by atoms with Crippen LogP contribution >= 0.6 is 0 Å². The standard InChI is InChI=1S/C14H20N2O2/c1-10(15)4-7-14(17)16-12-5-6-13-11(9-12)3-2-8-18-13/h5-6,9-10H,2-4,7-8,15H2,1H3,(H,16,17). The fourth-order valence-corrected chi connectivity index (χ4v) is 2.02. The van der Waals surface area contributed by atoms with Gasteiger partial charge in [-0.1, -0.05) is 0 Å². The minimum atomic E-state index is 0.0176. The maximum absolute atomic E-state index is 11.7. The molecule has 0 radical (unpaired) electrons. The van der Waals surface area contributed by atoms with Crippen molar-refractivity contribution in [3.05, 3.63) is 23.8 Å². The number of fused-ring (bicyclic) bond motifs is 1. The molecule has 0 saturated heterocycles. The van der Waals surface area contributed by atoms with Crippen molar-refractivity contribution >= 4 is 11.6 Å². The van der Waals surface area contributed by atoms with Gasteiger partial charge in [-0.05, 0) is 49.9 Å². The zero-order valence-electron chi connectivity index (χ0n) is 10.7. The van der Waals surface area contributed by atoms with E-state index < -0.39 is 0 Å². The molecule has 3 N–H and O–H groups in total. The number of carbonyl (C=O) groups is 1. The quantitative estimate of drug-likeness (QED) is 0.857. The molecule has 1 heterocycles. The number of nitrogens with one attached hydrogen (secondary N) is 1. The summed E-state index contributed by atoms with van der Waals surface area (Å²) in [4.78, 5) is 11.7. The van der Waals surface area contributed by atoms with Crippen molar-refractivity contribution < 1.29 is 9.53 Å². The van der Waals surface area contributed by atoms with E-state index in [1.165, 1.54) is 5.56 Å². The van der Waals surface area contributed by atoms with Crippen LogP contribution in [0.2, 0.25) is 0 Å². The first-order valence-corrected chi connectivity index (χ1v) is 6.46. The van der Waals surface area contributed by atoms with Gasteiger partial charge in [0.15, 0.2) is 0 Å². The highest BCUT2D eigenvalue weighted by Crippen LogP contribution is 2.27. The van der Waals surface area contributed by atoms with Crippen LogP contribution < -0.4 is 15.8 Å². The number of ether oxygens (including phenoxy) is 1. The molecule has 18 heavy (non-hydrogen) atoms. The Bertz CT molecular complexity index is 430. The third-order valence-corrected chi connectivity index (χ3v) is 3.02. The molecular formula is C14H20N2O2. The van der Waals surface area contributed by atoms with Crippen LogP contribution in [0.15, 0.2) is 18.2 Å². The summed E-state index contributed by atoms with van der Waals surface area (Å²) in [5.41, 5.74) is 7.64. The first-order chi connectivity index (χ1) is 8.65. The minimum absolute atomic E-state index is 0.0176. The van der Waals surface area contributed by atoms with E-state index >= 15 is 0 Å². The molecular weight excluding hydrogens is 228 g/mol. The Morgan fingerprint density at radius 1 is 1.56 bits per heavy atom. The SMILES string of the molecule is CC(N)CCC(=O)Nc1ccc2c(c1)CCCO2. The Balaban J connectivity index is 1.95. The van der Waals surface area contributed by atoms with Crippen molar-refractivity contribution in [3.8, 4) is 5.75 Å². The van der Waals surface area contributed by atoms with Gasteiger partial charge >= 0.3 is 0 Å². The average molecular weight is 248 g/mol. The largest absolute Gasteiger partial charge is 0.493 e. The summed E-state index contributed by atoms with van der Waals surface area (Å²) in [6.07, 6.45) is 3.22. The maximum Gasteiger partial charge on any atom is 0.224 e. The second kappa shape index (κ2) is 5.87. The Hall–Kier alpha value is -1.55. The first-order valence-electron chi connectivity index (χ1n) is 6.46. The van der Waals surface area contributed by atoms with E-state index in [-0.39, 0.29) is 11.9 Å². The van der Waals surface area contributed by atoms with Crippen molar-refractivity contribution in [1.82, 2.24) is 0 Å². The predicted octanol–water partition coefficient (Wildman–Crippen LogP) is 2.08. The van der Waals surface area contributed by atoms with Gasteiger partial charge < -0.3 is 15.8 Å². The van der Waals surface area contributed by atoms with Gasteiger partial charge in [0.25, 0.3) is 0 Å². The number of carbonyl (C=O) groups excluding carboxylic acids is 1.